The average Bonchev–Trinajstić information content (AvgIpc) is 2.62. The van der Waals surface area contributed by atoms with Gasteiger partial charge in [-0.25, -0.2) is 0 Å². The number of imide groups is 1. The minimum atomic E-state index is -0.564. The van der Waals surface area contributed by atoms with Crippen LogP contribution in [0.5, 0.6) is 0 Å². The van der Waals surface area contributed by atoms with Crippen LogP contribution in [0.4, 0.5) is 0 Å². The predicted molar refractivity (Wildman–Crippen MR) is 69.5 cm³/mol. The highest BCUT2D eigenvalue weighted by molar-refractivity contribution is 6.06. The molecule has 18 heavy (non-hydrogen) atoms. The van der Waals surface area contributed by atoms with E-state index in [1.165, 1.54) is 4.90 Å². The van der Waals surface area contributed by atoms with Gasteiger partial charge in [0.1, 0.15) is 0 Å². The summed E-state index contributed by atoms with van der Waals surface area (Å²) in [6, 6.07) is 0. The van der Waals surface area contributed by atoms with Gasteiger partial charge in [0.15, 0.2) is 0 Å². The van der Waals surface area contributed by atoms with Gasteiger partial charge >= 0.3 is 0 Å². The summed E-state index contributed by atoms with van der Waals surface area (Å²) in [5.41, 5.74) is 5.28. The molecule has 1 heterocycles. The van der Waals surface area contributed by atoms with Crippen LogP contribution < -0.4 is 5.73 Å². The Bertz CT molecular complexity index is 377. The Morgan fingerprint density at radius 3 is 2.06 bits per heavy atom. The second-order valence-corrected chi connectivity index (χ2v) is 5.88. The molecule has 1 unspecified atom stereocenters. The summed E-state index contributed by atoms with van der Waals surface area (Å²) in [7, 11) is 0. The maximum atomic E-state index is 12.5. The molecule has 0 radical (unpaired) electrons. The Morgan fingerprint density at radius 1 is 1.28 bits per heavy atom. The second-order valence-electron chi connectivity index (χ2n) is 5.88. The molecular weight excluding hydrogens is 228 g/mol. The van der Waals surface area contributed by atoms with Crippen LogP contribution in [0, 0.1) is 17.8 Å². The van der Waals surface area contributed by atoms with Crippen molar-refractivity contribution >= 4 is 11.8 Å². The number of nitrogens with two attached hydrogens (primary N) is 1. The van der Waals surface area contributed by atoms with Crippen LogP contribution in [0.15, 0.2) is 12.2 Å². The highest BCUT2D eigenvalue weighted by Gasteiger charge is 2.53. The number of nitrogens with zero attached hydrogens (tertiary/aromatic N) is 1. The molecule has 0 bridgehead atoms. The summed E-state index contributed by atoms with van der Waals surface area (Å²) in [4.78, 5) is 26.4. The Kier molecular flexibility index (Phi) is 3.32. The number of carbonyl (C=O) groups excluding carboxylic acids is 2. The van der Waals surface area contributed by atoms with Crippen LogP contribution in [0.2, 0.25) is 0 Å². The van der Waals surface area contributed by atoms with Gasteiger partial charge in [0, 0.05) is 6.54 Å². The molecule has 0 spiro atoms. The molecule has 1 aliphatic carbocycles. The van der Waals surface area contributed by atoms with Crippen LogP contribution in [0.25, 0.3) is 0 Å². The molecule has 0 aromatic carbocycles. The summed E-state index contributed by atoms with van der Waals surface area (Å²) < 4.78 is 0. The van der Waals surface area contributed by atoms with E-state index in [0.29, 0.717) is 19.4 Å². The van der Waals surface area contributed by atoms with Gasteiger partial charge in [0.05, 0.1) is 17.4 Å². The van der Waals surface area contributed by atoms with Crippen molar-refractivity contribution in [2.45, 2.75) is 39.2 Å². The van der Waals surface area contributed by atoms with E-state index in [9.17, 15) is 9.59 Å². The van der Waals surface area contributed by atoms with Gasteiger partial charge in [-0.15, -0.1) is 0 Å². The number of allylic oxidation sites excluding steroid dienone is 2. The zero-order valence-corrected chi connectivity index (χ0v) is 11.3. The molecule has 0 aromatic heterocycles. The lowest BCUT2D eigenvalue weighted by atomic mass is 9.85. The molecule has 0 saturated carbocycles. The van der Waals surface area contributed by atoms with E-state index < -0.39 is 5.54 Å². The standard InChI is InChI=1S/C14H22N2O2/c1-9(2)14(3,8-15)16-12(17)10-6-4-5-7-11(10)13(16)18/h4-5,9-11H,6-8,15H2,1-3H3/t10-,11+,14?. The van der Waals surface area contributed by atoms with E-state index in [4.69, 9.17) is 5.73 Å². The first-order valence-corrected chi connectivity index (χ1v) is 6.66. The average molecular weight is 250 g/mol. The molecule has 1 fully saturated rings. The molecule has 3 atom stereocenters. The number of carbonyl (C=O) groups is 2. The SMILES string of the molecule is CC(C)C(C)(CN)N1C(=O)[C@H]2CC=CC[C@H]2C1=O. The third-order valence-corrected chi connectivity index (χ3v) is 4.68. The van der Waals surface area contributed by atoms with Crippen molar-refractivity contribution in [3.05, 3.63) is 12.2 Å². The van der Waals surface area contributed by atoms with Crippen molar-refractivity contribution in [2.75, 3.05) is 6.54 Å². The first kappa shape index (κ1) is 13.3. The van der Waals surface area contributed by atoms with E-state index >= 15 is 0 Å². The van der Waals surface area contributed by atoms with E-state index in [1.807, 2.05) is 32.9 Å². The molecule has 0 aromatic rings. The van der Waals surface area contributed by atoms with Crippen molar-refractivity contribution in [2.24, 2.45) is 23.5 Å². The molecule has 4 heteroatoms. The molecule has 2 amide bonds. The molecule has 1 aliphatic heterocycles. The first-order chi connectivity index (χ1) is 8.43. The largest absolute Gasteiger partial charge is 0.328 e. The third kappa shape index (κ3) is 1.70. The van der Waals surface area contributed by atoms with Crippen molar-refractivity contribution in [3.63, 3.8) is 0 Å². The second kappa shape index (κ2) is 4.50. The fourth-order valence-corrected chi connectivity index (χ4v) is 2.89. The van der Waals surface area contributed by atoms with Crippen LogP contribution in [0.1, 0.15) is 33.6 Å². The Hall–Kier alpha value is -1.16. The summed E-state index contributed by atoms with van der Waals surface area (Å²) in [6.45, 7) is 6.24. The number of fused-ring (bicyclic) bond motifs is 1. The minimum Gasteiger partial charge on any atom is -0.328 e. The van der Waals surface area contributed by atoms with E-state index in [0.717, 1.165) is 0 Å². The lowest BCUT2D eigenvalue weighted by molar-refractivity contribution is -0.148. The highest BCUT2D eigenvalue weighted by atomic mass is 16.2. The summed E-state index contributed by atoms with van der Waals surface area (Å²) in [5.74, 6) is -0.227. The van der Waals surface area contributed by atoms with Crippen molar-refractivity contribution in [1.82, 2.24) is 4.90 Å². The Balaban J connectivity index is 2.35. The molecule has 2 N–H and O–H groups in total. The molecule has 4 nitrogen and oxygen atoms in total. The lowest BCUT2D eigenvalue weighted by Gasteiger charge is -2.40. The Morgan fingerprint density at radius 2 is 1.72 bits per heavy atom. The lowest BCUT2D eigenvalue weighted by Crippen LogP contribution is -2.58. The number of likely N-dealkylation sites (tertiary alicyclic amines) is 1. The highest BCUT2D eigenvalue weighted by Crippen LogP contribution is 2.40. The summed E-state index contributed by atoms with van der Waals surface area (Å²) in [5, 5.41) is 0. The van der Waals surface area contributed by atoms with Crippen molar-refractivity contribution in [1.29, 1.82) is 0 Å². The van der Waals surface area contributed by atoms with Gasteiger partial charge in [-0.1, -0.05) is 26.0 Å². The third-order valence-electron chi connectivity index (χ3n) is 4.68. The summed E-state index contributed by atoms with van der Waals surface area (Å²) >= 11 is 0. The molecule has 100 valence electrons. The van der Waals surface area contributed by atoms with Gasteiger partial charge in [-0.05, 0) is 25.7 Å². The van der Waals surface area contributed by atoms with Gasteiger partial charge in [0.2, 0.25) is 11.8 Å². The fourth-order valence-electron chi connectivity index (χ4n) is 2.89. The van der Waals surface area contributed by atoms with Gasteiger partial charge < -0.3 is 5.73 Å². The fraction of sp³-hybridized carbons (Fsp3) is 0.714. The van der Waals surface area contributed by atoms with Crippen molar-refractivity contribution in [3.8, 4) is 0 Å². The Labute approximate surface area is 108 Å². The van der Waals surface area contributed by atoms with E-state index in [1.54, 1.807) is 0 Å². The maximum absolute atomic E-state index is 12.5. The van der Waals surface area contributed by atoms with Gasteiger partial charge in [0.25, 0.3) is 0 Å². The monoisotopic (exact) mass is 250 g/mol. The molecule has 2 aliphatic rings. The zero-order chi connectivity index (χ0) is 13.5. The van der Waals surface area contributed by atoms with Crippen LogP contribution in [-0.2, 0) is 9.59 Å². The first-order valence-electron chi connectivity index (χ1n) is 6.66. The van der Waals surface area contributed by atoms with Gasteiger partial charge in [-0.2, -0.15) is 0 Å². The number of amides is 2. The molecule has 1 saturated heterocycles. The maximum Gasteiger partial charge on any atom is 0.233 e. The number of rotatable bonds is 3. The quantitative estimate of drug-likeness (QED) is 0.607. The smallest absolute Gasteiger partial charge is 0.233 e. The van der Waals surface area contributed by atoms with Crippen LogP contribution in [0.3, 0.4) is 0 Å². The zero-order valence-electron chi connectivity index (χ0n) is 11.3. The van der Waals surface area contributed by atoms with Gasteiger partial charge in [-0.3, -0.25) is 14.5 Å². The van der Waals surface area contributed by atoms with Crippen LogP contribution in [-0.4, -0.2) is 28.8 Å². The minimum absolute atomic E-state index is 0.0315. The number of hydrogen-bond acceptors (Lipinski definition) is 3. The molecule has 2 rings (SSSR count). The summed E-state index contributed by atoms with van der Waals surface area (Å²) in [6.07, 6.45) is 5.38. The normalized spacial score (nSPS) is 30.8. The van der Waals surface area contributed by atoms with E-state index in [2.05, 4.69) is 0 Å². The number of hydrogen-bond donors (Lipinski definition) is 1. The van der Waals surface area contributed by atoms with Crippen molar-refractivity contribution < 1.29 is 9.59 Å². The molecular formula is C14H22N2O2. The predicted octanol–water partition coefficient (Wildman–Crippen LogP) is 1.31. The van der Waals surface area contributed by atoms with E-state index in [-0.39, 0.29) is 29.6 Å². The topological polar surface area (TPSA) is 63.4 Å². The van der Waals surface area contributed by atoms with Crippen LogP contribution >= 0.6 is 0 Å².